The van der Waals surface area contributed by atoms with Crippen molar-refractivity contribution < 1.29 is 0 Å². The van der Waals surface area contributed by atoms with Gasteiger partial charge in [0.05, 0.1) is 0 Å². The van der Waals surface area contributed by atoms with Crippen LogP contribution in [0, 0.1) is 11.3 Å². The summed E-state index contributed by atoms with van der Waals surface area (Å²) in [5, 5.41) is 3.79. The second kappa shape index (κ2) is 5.27. The van der Waals surface area contributed by atoms with Crippen LogP contribution in [0.3, 0.4) is 0 Å². The minimum absolute atomic E-state index is 0.243. The maximum Gasteiger partial charge on any atom is 0.0271 e. The van der Waals surface area contributed by atoms with Crippen molar-refractivity contribution in [3.05, 3.63) is 0 Å². The zero-order valence-electron chi connectivity index (χ0n) is 12.9. The van der Waals surface area contributed by atoms with Crippen molar-refractivity contribution in [1.82, 2.24) is 10.2 Å². The molecule has 2 atom stereocenters. The molecular weight excluding hydrogens is 208 g/mol. The van der Waals surface area contributed by atoms with Crippen LogP contribution < -0.4 is 5.32 Å². The van der Waals surface area contributed by atoms with Crippen LogP contribution in [-0.2, 0) is 0 Å². The molecule has 1 aliphatic rings. The molecule has 0 aromatic carbocycles. The Balaban J connectivity index is 2.44. The fourth-order valence-electron chi connectivity index (χ4n) is 2.79. The Hall–Kier alpha value is -0.0800. The van der Waals surface area contributed by atoms with Crippen molar-refractivity contribution in [2.75, 3.05) is 20.6 Å². The number of hydrogen-bond acceptors (Lipinski definition) is 2. The predicted molar refractivity (Wildman–Crippen MR) is 76.4 cm³/mol. The predicted octanol–water partition coefficient (Wildman–Crippen LogP) is 3.13. The van der Waals surface area contributed by atoms with Gasteiger partial charge in [0.15, 0.2) is 0 Å². The van der Waals surface area contributed by atoms with E-state index >= 15 is 0 Å². The third-order valence-electron chi connectivity index (χ3n) is 4.70. The van der Waals surface area contributed by atoms with Crippen molar-refractivity contribution in [3.63, 3.8) is 0 Å². The Labute approximate surface area is 108 Å². The highest BCUT2D eigenvalue weighted by molar-refractivity contribution is 4.89. The Bertz CT molecular complexity index is 243. The molecule has 0 saturated heterocycles. The molecule has 0 amide bonds. The van der Waals surface area contributed by atoms with E-state index in [-0.39, 0.29) is 5.54 Å². The van der Waals surface area contributed by atoms with Crippen molar-refractivity contribution in [2.45, 2.75) is 65.5 Å². The molecular formula is C15H32N2. The maximum atomic E-state index is 3.79. The number of nitrogens with one attached hydrogen (secondary N) is 1. The second-order valence-electron chi connectivity index (χ2n) is 7.58. The summed E-state index contributed by atoms with van der Waals surface area (Å²) < 4.78 is 0. The van der Waals surface area contributed by atoms with Gasteiger partial charge in [-0.05, 0) is 58.5 Å². The highest BCUT2D eigenvalue weighted by Crippen LogP contribution is 2.38. The normalized spacial score (nSPS) is 29.6. The van der Waals surface area contributed by atoms with Gasteiger partial charge < -0.3 is 10.2 Å². The average molecular weight is 240 g/mol. The van der Waals surface area contributed by atoms with Gasteiger partial charge in [0.2, 0.25) is 0 Å². The summed E-state index contributed by atoms with van der Waals surface area (Å²) in [5.41, 5.74) is 0.793. The molecule has 0 radical (unpaired) electrons. The van der Waals surface area contributed by atoms with E-state index in [0.29, 0.717) is 11.5 Å². The van der Waals surface area contributed by atoms with E-state index < -0.39 is 0 Å². The zero-order chi connectivity index (χ0) is 13.3. The average Bonchev–Trinajstić information content (AvgIpc) is 2.14. The van der Waals surface area contributed by atoms with Crippen LogP contribution in [0.1, 0.15) is 53.9 Å². The lowest BCUT2D eigenvalue weighted by Gasteiger charge is -2.42. The molecule has 0 aliphatic heterocycles. The van der Waals surface area contributed by atoms with Crippen LogP contribution in [0.25, 0.3) is 0 Å². The van der Waals surface area contributed by atoms with Gasteiger partial charge in [-0.15, -0.1) is 0 Å². The minimum atomic E-state index is 0.243. The Morgan fingerprint density at radius 2 is 1.88 bits per heavy atom. The molecule has 17 heavy (non-hydrogen) atoms. The summed E-state index contributed by atoms with van der Waals surface area (Å²) >= 11 is 0. The summed E-state index contributed by atoms with van der Waals surface area (Å²) in [6.07, 6.45) is 4.04. The van der Waals surface area contributed by atoms with Gasteiger partial charge in [-0.2, -0.15) is 0 Å². The smallest absolute Gasteiger partial charge is 0.0271 e. The number of rotatable bonds is 4. The molecule has 0 bridgehead atoms. The molecule has 2 unspecified atom stereocenters. The van der Waals surface area contributed by atoms with Gasteiger partial charge in [-0.25, -0.2) is 0 Å². The summed E-state index contributed by atoms with van der Waals surface area (Å²) in [6, 6.07) is 0.710. The van der Waals surface area contributed by atoms with Crippen molar-refractivity contribution in [1.29, 1.82) is 0 Å². The van der Waals surface area contributed by atoms with Crippen molar-refractivity contribution in [2.24, 2.45) is 11.3 Å². The zero-order valence-corrected chi connectivity index (χ0v) is 12.9. The highest BCUT2D eigenvalue weighted by Gasteiger charge is 2.33. The highest BCUT2D eigenvalue weighted by atomic mass is 15.2. The SMILES string of the molecule is CC1CC(C)(C)CCC1NCC(C)(C)N(C)C. The quantitative estimate of drug-likeness (QED) is 0.812. The van der Waals surface area contributed by atoms with Crippen LogP contribution in [0.2, 0.25) is 0 Å². The molecule has 1 rings (SSSR count). The molecule has 2 heteroatoms. The summed E-state index contributed by atoms with van der Waals surface area (Å²) in [5.74, 6) is 0.803. The largest absolute Gasteiger partial charge is 0.312 e. The Kier molecular flexibility index (Phi) is 4.65. The van der Waals surface area contributed by atoms with E-state index in [0.717, 1.165) is 12.5 Å². The molecule has 0 heterocycles. The van der Waals surface area contributed by atoms with Crippen LogP contribution in [0.5, 0.6) is 0 Å². The monoisotopic (exact) mass is 240 g/mol. The lowest BCUT2D eigenvalue weighted by molar-refractivity contribution is 0.126. The Morgan fingerprint density at radius 1 is 1.29 bits per heavy atom. The van der Waals surface area contributed by atoms with Gasteiger partial charge in [0.25, 0.3) is 0 Å². The van der Waals surface area contributed by atoms with Gasteiger partial charge in [-0.3, -0.25) is 0 Å². The molecule has 0 aromatic heterocycles. The first-order chi connectivity index (χ1) is 7.64. The third kappa shape index (κ3) is 4.26. The number of nitrogens with zero attached hydrogens (tertiary/aromatic N) is 1. The fraction of sp³-hybridized carbons (Fsp3) is 1.00. The third-order valence-corrected chi connectivity index (χ3v) is 4.70. The van der Waals surface area contributed by atoms with Gasteiger partial charge in [0, 0.05) is 18.1 Å². The molecule has 0 aromatic rings. The molecule has 1 fully saturated rings. The fourth-order valence-corrected chi connectivity index (χ4v) is 2.79. The molecule has 2 nitrogen and oxygen atoms in total. The maximum absolute atomic E-state index is 3.79. The van der Waals surface area contributed by atoms with E-state index in [9.17, 15) is 0 Å². The lowest BCUT2D eigenvalue weighted by atomic mass is 9.70. The second-order valence-corrected chi connectivity index (χ2v) is 7.58. The first-order valence-corrected chi connectivity index (χ1v) is 7.05. The lowest BCUT2D eigenvalue weighted by Crippen LogP contribution is -2.51. The molecule has 1 N–H and O–H groups in total. The van der Waals surface area contributed by atoms with Crippen LogP contribution in [0.4, 0.5) is 0 Å². The van der Waals surface area contributed by atoms with E-state index in [1.165, 1.54) is 19.3 Å². The van der Waals surface area contributed by atoms with Crippen LogP contribution >= 0.6 is 0 Å². The van der Waals surface area contributed by atoms with Crippen LogP contribution in [0.15, 0.2) is 0 Å². The van der Waals surface area contributed by atoms with E-state index in [4.69, 9.17) is 0 Å². The van der Waals surface area contributed by atoms with Gasteiger partial charge in [0.1, 0.15) is 0 Å². The van der Waals surface area contributed by atoms with E-state index in [1.807, 2.05) is 0 Å². The first-order valence-electron chi connectivity index (χ1n) is 7.05. The van der Waals surface area contributed by atoms with Crippen molar-refractivity contribution >= 4 is 0 Å². The standard InChI is InChI=1S/C15H32N2/c1-12-10-14(2,3)9-8-13(12)16-11-15(4,5)17(6)7/h12-13,16H,8-11H2,1-7H3. The van der Waals surface area contributed by atoms with Crippen LogP contribution in [-0.4, -0.2) is 37.1 Å². The summed E-state index contributed by atoms with van der Waals surface area (Å²) in [6.45, 7) is 12.9. The van der Waals surface area contributed by atoms with Gasteiger partial charge in [-0.1, -0.05) is 20.8 Å². The van der Waals surface area contributed by atoms with E-state index in [1.54, 1.807) is 0 Å². The first kappa shape index (κ1) is 15.0. The van der Waals surface area contributed by atoms with E-state index in [2.05, 4.69) is 58.9 Å². The minimum Gasteiger partial charge on any atom is -0.312 e. The van der Waals surface area contributed by atoms with Gasteiger partial charge >= 0.3 is 0 Å². The number of likely N-dealkylation sites (N-methyl/N-ethyl adjacent to an activating group) is 1. The summed E-state index contributed by atoms with van der Waals surface area (Å²) in [7, 11) is 4.32. The summed E-state index contributed by atoms with van der Waals surface area (Å²) in [4.78, 5) is 2.30. The Morgan fingerprint density at radius 3 is 2.35 bits per heavy atom. The molecule has 1 saturated carbocycles. The topological polar surface area (TPSA) is 15.3 Å². The number of hydrogen-bond donors (Lipinski definition) is 1. The molecule has 0 spiro atoms. The molecule has 1 aliphatic carbocycles. The molecule has 102 valence electrons. The van der Waals surface area contributed by atoms with Crippen molar-refractivity contribution in [3.8, 4) is 0 Å².